The van der Waals surface area contributed by atoms with Gasteiger partial charge in [-0.1, -0.05) is 5.21 Å². The van der Waals surface area contributed by atoms with Gasteiger partial charge < -0.3 is 5.32 Å². The van der Waals surface area contributed by atoms with Crippen LogP contribution in [0.15, 0.2) is 6.33 Å². The highest BCUT2D eigenvalue weighted by Crippen LogP contribution is 2.24. The summed E-state index contributed by atoms with van der Waals surface area (Å²) in [6.07, 6.45) is 4.85. The third kappa shape index (κ3) is 1.60. The zero-order valence-corrected chi connectivity index (χ0v) is 8.64. The van der Waals surface area contributed by atoms with E-state index >= 15 is 0 Å². The molecule has 0 unspecified atom stereocenters. The lowest BCUT2D eigenvalue weighted by atomic mass is 10.2. The van der Waals surface area contributed by atoms with Gasteiger partial charge in [-0.25, -0.2) is 9.97 Å². The van der Waals surface area contributed by atoms with E-state index in [2.05, 4.69) is 35.9 Å². The number of aryl methyl sites for hydroxylation is 1. The minimum atomic E-state index is 0.528. The van der Waals surface area contributed by atoms with Gasteiger partial charge in [-0.3, -0.25) is 0 Å². The number of aromatic nitrogens is 6. The van der Waals surface area contributed by atoms with Crippen LogP contribution in [0, 0.1) is 0 Å². The summed E-state index contributed by atoms with van der Waals surface area (Å²) >= 11 is 0. The molecule has 0 atom stereocenters. The molecule has 1 aliphatic rings. The number of H-pyrrole nitrogens is 1. The van der Waals surface area contributed by atoms with Gasteiger partial charge in [0, 0.05) is 11.3 Å². The second-order valence-corrected chi connectivity index (χ2v) is 3.68. The van der Waals surface area contributed by atoms with Crippen LogP contribution in [0.3, 0.4) is 0 Å². The first-order chi connectivity index (χ1) is 7.93. The van der Waals surface area contributed by atoms with Crippen LogP contribution in [0.5, 0.6) is 0 Å². The van der Waals surface area contributed by atoms with E-state index in [0.29, 0.717) is 12.4 Å². The van der Waals surface area contributed by atoms with Gasteiger partial charge in [-0.05, 0) is 19.3 Å². The highest BCUT2D eigenvalue weighted by molar-refractivity contribution is 5.47. The predicted octanol–water partition coefficient (Wildman–Crippen LogP) is 0.0905. The van der Waals surface area contributed by atoms with Crippen molar-refractivity contribution in [2.24, 2.45) is 0 Å². The first-order valence-corrected chi connectivity index (χ1v) is 5.22. The molecule has 3 rings (SSSR count). The Morgan fingerprint density at radius 1 is 1.31 bits per heavy atom. The number of fused-ring (bicyclic) bond motifs is 1. The molecular weight excluding hydrogens is 206 g/mol. The van der Waals surface area contributed by atoms with Crippen molar-refractivity contribution < 1.29 is 0 Å². The summed E-state index contributed by atoms with van der Waals surface area (Å²) in [6, 6.07) is 0. The summed E-state index contributed by atoms with van der Waals surface area (Å²) in [6.45, 7) is 0.528. The molecule has 0 aliphatic heterocycles. The van der Waals surface area contributed by atoms with Gasteiger partial charge in [0.1, 0.15) is 12.1 Å². The third-order valence-corrected chi connectivity index (χ3v) is 2.68. The van der Waals surface area contributed by atoms with Crippen molar-refractivity contribution in [2.45, 2.75) is 25.8 Å². The Hall–Kier alpha value is -2.05. The number of nitrogens with zero attached hydrogens (tertiary/aromatic N) is 5. The van der Waals surface area contributed by atoms with E-state index in [9.17, 15) is 0 Å². The molecule has 2 aromatic heterocycles. The highest BCUT2D eigenvalue weighted by Gasteiger charge is 2.16. The van der Waals surface area contributed by atoms with Gasteiger partial charge in [-0.2, -0.15) is 5.21 Å². The van der Waals surface area contributed by atoms with E-state index < -0.39 is 0 Å². The second-order valence-electron chi connectivity index (χ2n) is 3.68. The Bertz CT molecular complexity index is 479. The average molecular weight is 217 g/mol. The maximum Gasteiger partial charge on any atom is 0.193 e. The van der Waals surface area contributed by atoms with Crippen LogP contribution < -0.4 is 5.32 Å². The smallest absolute Gasteiger partial charge is 0.193 e. The Kier molecular flexibility index (Phi) is 2.21. The van der Waals surface area contributed by atoms with E-state index in [0.717, 1.165) is 30.8 Å². The number of anilines is 1. The number of hydrogen-bond donors (Lipinski definition) is 2. The monoisotopic (exact) mass is 217 g/mol. The third-order valence-electron chi connectivity index (χ3n) is 2.68. The molecule has 2 aromatic rings. The maximum atomic E-state index is 4.26. The Morgan fingerprint density at radius 2 is 2.31 bits per heavy atom. The molecule has 0 amide bonds. The van der Waals surface area contributed by atoms with Crippen LogP contribution in [0.25, 0.3) is 0 Å². The molecular formula is C9H11N7. The molecule has 0 saturated carbocycles. The molecule has 0 bridgehead atoms. The summed E-state index contributed by atoms with van der Waals surface area (Å²) < 4.78 is 0. The van der Waals surface area contributed by atoms with Gasteiger partial charge in [0.05, 0.1) is 6.54 Å². The van der Waals surface area contributed by atoms with Crippen LogP contribution in [-0.4, -0.2) is 30.6 Å². The highest BCUT2D eigenvalue weighted by atomic mass is 15.5. The molecule has 0 aromatic carbocycles. The molecule has 0 fully saturated rings. The molecule has 0 radical (unpaired) electrons. The maximum absolute atomic E-state index is 4.26. The van der Waals surface area contributed by atoms with Crippen LogP contribution >= 0.6 is 0 Å². The first-order valence-electron chi connectivity index (χ1n) is 5.22. The fraction of sp³-hybridized carbons (Fsp3) is 0.444. The van der Waals surface area contributed by atoms with Crippen molar-refractivity contribution >= 4 is 5.82 Å². The van der Waals surface area contributed by atoms with Crippen LogP contribution in [0.4, 0.5) is 5.82 Å². The van der Waals surface area contributed by atoms with Crippen molar-refractivity contribution in [3.63, 3.8) is 0 Å². The normalized spacial score (nSPS) is 13.8. The lowest BCUT2D eigenvalue weighted by molar-refractivity contribution is 0.881. The summed E-state index contributed by atoms with van der Waals surface area (Å²) in [5, 5.41) is 16.9. The SMILES string of the molecule is c1nc2c(c(NCc3nn[nH]n3)n1)CCC2. The number of hydrogen-bond acceptors (Lipinski definition) is 6. The zero-order valence-electron chi connectivity index (χ0n) is 8.64. The Morgan fingerprint density at radius 3 is 3.19 bits per heavy atom. The van der Waals surface area contributed by atoms with Crippen LogP contribution in [-0.2, 0) is 19.4 Å². The fourth-order valence-corrected chi connectivity index (χ4v) is 1.93. The molecule has 2 N–H and O–H groups in total. The average Bonchev–Trinajstić information content (AvgIpc) is 2.97. The van der Waals surface area contributed by atoms with Gasteiger partial charge in [-0.15, -0.1) is 10.2 Å². The van der Waals surface area contributed by atoms with Gasteiger partial charge >= 0.3 is 0 Å². The standard InChI is InChI=1S/C9H11N7/c1-2-6-7(3-1)11-5-12-9(6)10-4-8-13-15-16-14-8/h5H,1-4H2,(H,10,11,12)(H,13,14,15,16). The molecule has 0 spiro atoms. The number of aromatic amines is 1. The molecule has 82 valence electrons. The van der Waals surface area contributed by atoms with Crippen molar-refractivity contribution in [1.29, 1.82) is 0 Å². The summed E-state index contributed by atoms with van der Waals surface area (Å²) in [5.74, 6) is 1.53. The molecule has 7 heteroatoms. The van der Waals surface area contributed by atoms with E-state index in [-0.39, 0.29) is 0 Å². The number of tetrazole rings is 1. The zero-order chi connectivity index (χ0) is 10.8. The molecule has 1 aliphatic carbocycles. The van der Waals surface area contributed by atoms with Gasteiger partial charge in [0.15, 0.2) is 5.82 Å². The topological polar surface area (TPSA) is 92.3 Å². The van der Waals surface area contributed by atoms with Crippen molar-refractivity contribution in [3.05, 3.63) is 23.4 Å². The van der Waals surface area contributed by atoms with Gasteiger partial charge in [0.25, 0.3) is 0 Å². The summed E-state index contributed by atoms with van der Waals surface area (Å²) in [5.41, 5.74) is 2.39. The second kappa shape index (κ2) is 3.84. The summed E-state index contributed by atoms with van der Waals surface area (Å²) in [7, 11) is 0. The molecule has 7 nitrogen and oxygen atoms in total. The Labute approximate surface area is 91.7 Å². The van der Waals surface area contributed by atoms with Crippen LogP contribution in [0.2, 0.25) is 0 Å². The van der Waals surface area contributed by atoms with Gasteiger partial charge in [0.2, 0.25) is 0 Å². The summed E-state index contributed by atoms with van der Waals surface area (Å²) in [4.78, 5) is 8.51. The molecule has 2 heterocycles. The predicted molar refractivity (Wildman–Crippen MR) is 55.6 cm³/mol. The molecule has 0 saturated heterocycles. The molecule has 16 heavy (non-hydrogen) atoms. The fourth-order valence-electron chi connectivity index (χ4n) is 1.93. The van der Waals surface area contributed by atoms with E-state index in [1.54, 1.807) is 6.33 Å². The number of nitrogens with one attached hydrogen (secondary N) is 2. The lowest BCUT2D eigenvalue weighted by Crippen LogP contribution is -2.06. The van der Waals surface area contributed by atoms with Crippen LogP contribution in [0.1, 0.15) is 23.5 Å². The lowest BCUT2D eigenvalue weighted by Gasteiger charge is -2.07. The van der Waals surface area contributed by atoms with E-state index in [1.165, 1.54) is 5.56 Å². The van der Waals surface area contributed by atoms with Crippen molar-refractivity contribution in [1.82, 2.24) is 30.6 Å². The van der Waals surface area contributed by atoms with Crippen molar-refractivity contribution in [3.8, 4) is 0 Å². The van der Waals surface area contributed by atoms with E-state index in [4.69, 9.17) is 0 Å². The van der Waals surface area contributed by atoms with E-state index in [1.807, 2.05) is 0 Å². The quantitative estimate of drug-likeness (QED) is 0.757. The minimum Gasteiger partial charge on any atom is -0.362 e. The van der Waals surface area contributed by atoms with Crippen molar-refractivity contribution in [2.75, 3.05) is 5.32 Å². The first kappa shape index (κ1) is 9.20. The minimum absolute atomic E-state index is 0.528. The Balaban J connectivity index is 1.78. The number of rotatable bonds is 3. The largest absolute Gasteiger partial charge is 0.362 e.